The number of carboxylic acid groups (broad SMARTS) is 1. The van der Waals surface area contributed by atoms with Crippen LogP contribution in [-0.4, -0.2) is 47.2 Å². The van der Waals surface area contributed by atoms with Crippen molar-refractivity contribution in [3.05, 3.63) is 29.8 Å². The van der Waals surface area contributed by atoms with Crippen LogP contribution in [0.3, 0.4) is 0 Å². The van der Waals surface area contributed by atoms with Crippen molar-refractivity contribution in [3.8, 4) is 0 Å². The van der Waals surface area contributed by atoms with Gasteiger partial charge in [-0.25, -0.2) is 4.79 Å². The standard InChI is InChI=1S/C15H23NO2S2/c1-3-19-11-9-16(10-12-20-4-2)14-7-5-13(6-8-14)15(17)18/h5-8H,3-4,9-12H2,1-2H3,(H,17,18). The maximum absolute atomic E-state index is 10.9. The molecule has 0 aliphatic carbocycles. The Labute approximate surface area is 130 Å². The highest BCUT2D eigenvalue weighted by molar-refractivity contribution is 7.99. The monoisotopic (exact) mass is 313 g/mol. The van der Waals surface area contributed by atoms with Crippen LogP contribution in [0.15, 0.2) is 24.3 Å². The molecule has 0 aliphatic heterocycles. The maximum Gasteiger partial charge on any atom is 0.335 e. The van der Waals surface area contributed by atoms with E-state index in [1.165, 1.54) is 0 Å². The minimum absolute atomic E-state index is 0.347. The van der Waals surface area contributed by atoms with Gasteiger partial charge in [0.1, 0.15) is 0 Å². The number of rotatable bonds is 10. The topological polar surface area (TPSA) is 40.5 Å². The van der Waals surface area contributed by atoms with E-state index >= 15 is 0 Å². The third-order valence-electron chi connectivity index (χ3n) is 2.90. The molecular weight excluding hydrogens is 290 g/mol. The van der Waals surface area contributed by atoms with Crippen LogP contribution in [0.1, 0.15) is 24.2 Å². The Morgan fingerprint density at radius 2 is 1.55 bits per heavy atom. The maximum atomic E-state index is 10.9. The van der Waals surface area contributed by atoms with Gasteiger partial charge in [0.15, 0.2) is 0 Å². The van der Waals surface area contributed by atoms with Gasteiger partial charge in [0.05, 0.1) is 5.56 Å². The number of carboxylic acids is 1. The van der Waals surface area contributed by atoms with Crippen LogP contribution in [0.2, 0.25) is 0 Å². The smallest absolute Gasteiger partial charge is 0.335 e. The van der Waals surface area contributed by atoms with Crippen LogP contribution in [0, 0.1) is 0 Å². The van der Waals surface area contributed by atoms with E-state index in [9.17, 15) is 4.79 Å². The normalized spacial score (nSPS) is 10.5. The fourth-order valence-electron chi connectivity index (χ4n) is 1.82. The number of nitrogens with zero attached hydrogens (tertiary/aromatic N) is 1. The van der Waals surface area contributed by atoms with E-state index in [0.717, 1.165) is 41.8 Å². The summed E-state index contributed by atoms with van der Waals surface area (Å²) < 4.78 is 0. The highest BCUT2D eigenvalue weighted by Crippen LogP contribution is 2.17. The SMILES string of the molecule is CCSCCN(CCSCC)c1ccc(C(=O)O)cc1. The lowest BCUT2D eigenvalue weighted by atomic mass is 10.2. The number of anilines is 1. The molecule has 0 unspecified atom stereocenters. The first-order chi connectivity index (χ1) is 9.69. The van der Waals surface area contributed by atoms with Crippen molar-refractivity contribution in [1.29, 1.82) is 0 Å². The molecule has 112 valence electrons. The van der Waals surface area contributed by atoms with Gasteiger partial charge in [0.25, 0.3) is 0 Å². The van der Waals surface area contributed by atoms with Crippen molar-refractivity contribution >= 4 is 35.2 Å². The lowest BCUT2D eigenvalue weighted by molar-refractivity contribution is 0.0697. The first-order valence-electron chi connectivity index (χ1n) is 6.92. The van der Waals surface area contributed by atoms with E-state index in [1.807, 2.05) is 35.7 Å². The summed E-state index contributed by atoms with van der Waals surface area (Å²) >= 11 is 3.87. The second kappa shape index (κ2) is 10.00. The van der Waals surface area contributed by atoms with E-state index < -0.39 is 5.97 Å². The summed E-state index contributed by atoms with van der Waals surface area (Å²) in [5.41, 5.74) is 1.46. The van der Waals surface area contributed by atoms with Gasteiger partial charge >= 0.3 is 5.97 Å². The minimum atomic E-state index is -0.869. The molecular formula is C15H23NO2S2. The molecule has 20 heavy (non-hydrogen) atoms. The Hall–Kier alpha value is -0.810. The Balaban J connectivity index is 2.66. The van der Waals surface area contributed by atoms with Gasteiger partial charge in [-0.15, -0.1) is 0 Å². The molecule has 5 heteroatoms. The van der Waals surface area contributed by atoms with E-state index in [1.54, 1.807) is 12.1 Å². The van der Waals surface area contributed by atoms with Gasteiger partial charge in [0, 0.05) is 30.3 Å². The molecule has 1 aromatic rings. The molecule has 0 saturated carbocycles. The zero-order valence-corrected chi connectivity index (χ0v) is 13.8. The predicted octanol–water partition coefficient (Wildman–Crippen LogP) is 3.70. The second-order valence-electron chi connectivity index (χ2n) is 4.23. The fraction of sp³-hybridized carbons (Fsp3) is 0.533. The van der Waals surface area contributed by atoms with Crippen LogP contribution < -0.4 is 4.90 Å². The van der Waals surface area contributed by atoms with Crippen molar-refractivity contribution in [1.82, 2.24) is 0 Å². The molecule has 0 aliphatic rings. The molecule has 0 saturated heterocycles. The highest BCUT2D eigenvalue weighted by atomic mass is 32.2. The van der Waals surface area contributed by atoms with E-state index in [0.29, 0.717) is 5.56 Å². The molecule has 0 aromatic heterocycles. The van der Waals surface area contributed by atoms with Crippen LogP contribution >= 0.6 is 23.5 Å². The van der Waals surface area contributed by atoms with Crippen LogP contribution in [-0.2, 0) is 0 Å². The van der Waals surface area contributed by atoms with Crippen LogP contribution in [0.25, 0.3) is 0 Å². The molecule has 1 rings (SSSR count). The number of thioether (sulfide) groups is 2. The number of benzene rings is 1. The van der Waals surface area contributed by atoms with Gasteiger partial charge < -0.3 is 10.0 Å². The first-order valence-corrected chi connectivity index (χ1v) is 9.23. The van der Waals surface area contributed by atoms with Gasteiger partial charge in [0.2, 0.25) is 0 Å². The Morgan fingerprint density at radius 1 is 1.05 bits per heavy atom. The zero-order chi connectivity index (χ0) is 14.8. The van der Waals surface area contributed by atoms with E-state index in [4.69, 9.17) is 5.11 Å². The average molecular weight is 313 g/mol. The predicted molar refractivity (Wildman–Crippen MR) is 91.6 cm³/mol. The van der Waals surface area contributed by atoms with Gasteiger partial charge in [-0.3, -0.25) is 0 Å². The Morgan fingerprint density at radius 3 is 1.95 bits per heavy atom. The summed E-state index contributed by atoms with van der Waals surface area (Å²) in [6.45, 7) is 6.36. The Kier molecular flexibility index (Phi) is 8.62. The van der Waals surface area contributed by atoms with Crippen LogP contribution in [0.5, 0.6) is 0 Å². The number of carbonyl (C=O) groups is 1. The molecule has 1 aromatic carbocycles. The summed E-state index contributed by atoms with van der Waals surface area (Å²) in [5.74, 6) is 3.61. The minimum Gasteiger partial charge on any atom is -0.478 e. The van der Waals surface area contributed by atoms with Crippen molar-refractivity contribution < 1.29 is 9.90 Å². The largest absolute Gasteiger partial charge is 0.478 e. The highest BCUT2D eigenvalue weighted by Gasteiger charge is 2.08. The molecule has 0 spiro atoms. The van der Waals surface area contributed by atoms with Gasteiger partial charge in [-0.1, -0.05) is 13.8 Å². The summed E-state index contributed by atoms with van der Waals surface area (Å²) in [5, 5.41) is 8.94. The van der Waals surface area contributed by atoms with Crippen molar-refractivity contribution in [2.75, 3.05) is 41.0 Å². The molecule has 0 radical (unpaired) electrons. The number of hydrogen-bond acceptors (Lipinski definition) is 4. The third kappa shape index (κ3) is 6.09. The molecule has 3 nitrogen and oxygen atoms in total. The van der Waals surface area contributed by atoms with Crippen LogP contribution in [0.4, 0.5) is 5.69 Å². The zero-order valence-electron chi connectivity index (χ0n) is 12.2. The lowest BCUT2D eigenvalue weighted by Crippen LogP contribution is -2.28. The molecule has 0 fully saturated rings. The van der Waals surface area contributed by atoms with Crippen molar-refractivity contribution in [3.63, 3.8) is 0 Å². The third-order valence-corrected chi connectivity index (χ3v) is 4.66. The second-order valence-corrected chi connectivity index (χ2v) is 7.02. The fourth-order valence-corrected chi connectivity index (χ4v) is 3.10. The quantitative estimate of drug-likeness (QED) is 0.667. The summed E-state index contributed by atoms with van der Waals surface area (Å²) in [7, 11) is 0. The van der Waals surface area contributed by atoms with Gasteiger partial charge in [-0.2, -0.15) is 23.5 Å². The summed E-state index contributed by atoms with van der Waals surface area (Å²) in [6, 6.07) is 7.20. The van der Waals surface area contributed by atoms with E-state index in [-0.39, 0.29) is 0 Å². The molecule has 0 bridgehead atoms. The number of aromatic carboxylic acids is 1. The molecule has 0 heterocycles. The van der Waals surface area contributed by atoms with E-state index in [2.05, 4.69) is 18.7 Å². The first kappa shape index (κ1) is 17.2. The molecule has 1 N–H and O–H groups in total. The van der Waals surface area contributed by atoms with Gasteiger partial charge in [-0.05, 0) is 35.8 Å². The number of hydrogen-bond donors (Lipinski definition) is 1. The molecule has 0 atom stereocenters. The Bertz CT molecular complexity index is 385. The summed E-state index contributed by atoms with van der Waals surface area (Å²) in [4.78, 5) is 13.2. The average Bonchev–Trinajstić information content (AvgIpc) is 2.46. The van der Waals surface area contributed by atoms with Crippen molar-refractivity contribution in [2.45, 2.75) is 13.8 Å². The van der Waals surface area contributed by atoms with Crippen molar-refractivity contribution in [2.24, 2.45) is 0 Å². The molecule has 0 amide bonds. The lowest BCUT2D eigenvalue weighted by Gasteiger charge is -2.24. The summed E-state index contributed by atoms with van der Waals surface area (Å²) in [6.07, 6.45) is 0.